The highest BCUT2D eigenvalue weighted by molar-refractivity contribution is 6.30. The molecule has 0 unspecified atom stereocenters. The smallest absolute Gasteiger partial charge is 0.263 e. The first-order valence-electron chi connectivity index (χ1n) is 8.30. The summed E-state index contributed by atoms with van der Waals surface area (Å²) in [4.78, 5) is 33.9. The number of hydrogen-bond acceptors (Lipinski definition) is 5. The van der Waals surface area contributed by atoms with Gasteiger partial charge in [-0.2, -0.15) is 0 Å². The summed E-state index contributed by atoms with van der Waals surface area (Å²) in [7, 11) is 0. The molecule has 1 aromatic carbocycles. The number of halogens is 1. The zero-order valence-corrected chi connectivity index (χ0v) is 15.9. The van der Waals surface area contributed by atoms with E-state index in [1.807, 2.05) is 20.8 Å². The van der Waals surface area contributed by atoms with Crippen LogP contribution in [0.1, 0.15) is 20.8 Å². The second-order valence-electron chi connectivity index (χ2n) is 7.20. The maximum absolute atomic E-state index is 13.0. The van der Waals surface area contributed by atoms with Gasteiger partial charge < -0.3 is 10.4 Å². The fraction of sp³-hybridized carbons (Fsp3) is 0.263. The van der Waals surface area contributed by atoms with Crippen LogP contribution >= 0.6 is 11.6 Å². The van der Waals surface area contributed by atoms with Crippen molar-refractivity contribution in [1.29, 1.82) is 0 Å². The largest absolute Gasteiger partial charge is 0.506 e. The van der Waals surface area contributed by atoms with Crippen molar-refractivity contribution < 1.29 is 9.90 Å². The lowest BCUT2D eigenvalue weighted by atomic mass is 10.1. The minimum Gasteiger partial charge on any atom is -0.506 e. The monoisotopic (exact) mass is 386 g/mol. The van der Waals surface area contributed by atoms with Gasteiger partial charge in [-0.3, -0.25) is 14.2 Å². The molecule has 0 aliphatic heterocycles. The van der Waals surface area contributed by atoms with Crippen molar-refractivity contribution in [2.24, 2.45) is 0 Å². The molecular formula is C19H19ClN4O3. The van der Waals surface area contributed by atoms with E-state index in [0.29, 0.717) is 10.6 Å². The first-order valence-corrected chi connectivity index (χ1v) is 8.68. The van der Waals surface area contributed by atoms with Crippen LogP contribution in [0.4, 0.5) is 0 Å². The molecule has 0 spiro atoms. The Balaban J connectivity index is 2.21. The molecule has 8 heteroatoms. The van der Waals surface area contributed by atoms with E-state index in [1.165, 1.54) is 16.8 Å². The molecule has 2 aromatic heterocycles. The van der Waals surface area contributed by atoms with Crippen molar-refractivity contribution in [2.75, 3.05) is 0 Å². The van der Waals surface area contributed by atoms with Gasteiger partial charge in [0.05, 0.1) is 11.6 Å². The predicted octanol–water partition coefficient (Wildman–Crippen LogP) is 2.73. The van der Waals surface area contributed by atoms with E-state index in [0.717, 1.165) is 0 Å². The van der Waals surface area contributed by atoms with Gasteiger partial charge in [0, 0.05) is 16.1 Å². The number of nitrogens with one attached hydrogen (secondary N) is 1. The van der Waals surface area contributed by atoms with E-state index in [1.54, 1.807) is 24.3 Å². The molecule has 140 valence electrons. The Kier molecular flexibility index (Phi) is 4.89. The van der Waals surface area contributed by atoms with Crippen molar-refractivity contribution in [3.8, 4) is 17.1 Å². The average molecular weight is 387 g/mol. The molecule has 0 atom stereocenters. The summed E-state index contributed by atoms with van der Waals surface area (Å²) >= 11 is 6.08. The third-order valence-corrected chi connectivity index (χ3v) is 3.93. The topological polar surface area (TPSA) is 97.1 Å². The van der Waals surface area contributed by atoms with E-state index < -0.39 is 11.1 Å². The quantitative estimate of drug-likeness (QED) is 0.721. The fourth-order valence-corrected chi connectivity index (χ4v) is 2.88. The summed E-state index contributed by atoms with van der Waals surface area (Å²) in [5.74, 6) is -0.206. The van der Waals surface area contributed by atoms with Crippen molar-refractivity contribution in [2.45, 2.75) is 32.9 Å². The molecule has 2 heterocycles. The number of pyridine rings is 1. The van der Waals surface area contributed by atoms with Gasteiger partial charge >= 0.3 is 0 Å². The molecule has 0 bridgehead atoms. The zero-order chi connectivity index (χ0) is 19.8. The van der Waals surface area contributed by atoms with E-state index >= 15 is 0 Å². The normalized spacial score (nSPS) is 11.6. The molecule has 0 saturated heterocycles. The molecule has 3 aromatic rings. The third kappa shape index (κ3) is 4.25. The number of carbonyl (C=O) groups excluding carboxylic acids is 1. The Morgan fingerprint density at radius 2 is 2.04 bits per heavy atom. The molecule has 27 heavy (non-hydrogen) atoms. The molecule has 0 radical (unpaired) electrons. The maximum Gasteiger partial charge on any atom is 0.263 e. The highest BCUT2D eigenvalue weighted by Gasteiger charge is 2.19. The van der Waals surface area contributed by atoms with Crippen molar-refractivity contribution in [3.05, 3.63) is 51.9 Å². The predicted molar refractivity (Wildman–Crippen MR) is 104 cm³/mol. The van der Waals surface area contributed by atoms with Crippen LogP contribution in [0.15, 0.2) is 41.3 Å². The minimum absolute atomic E-state index is 0.129. The van der Waals surface area contributed by atoms with Crippen LogP contribution in [-0.2, 0) is 11.3 Å². The molecule has 2 N–H and O–H groups in total. The number of amides is 1. The number of carbonyl (C=O) groups is 1. The standard InChI is InChI=1S/C19H19ClN4O3/c1-19(2,3)23-15(26)10-24-17(11-5-4-6-12(20)7-11)22-16-14(18(24)27)8-13(25)9-21-16/h4-9,25H,10H2,1-3H3,(H,23,26). The van der Waals surface area contributed by atoms with Crippen LogP contribution in [-0.4, -0.2) is 31.1 Å². The number of nitrogens with zero attached hydrogens (tertiary/aromatic N) is 3. The van der Waals surface area contributed by atoms with Crippen LogP contribution < -0.4 is 10.9 Å². The maximum atomic E-state index is 13.0. The SMILES string of the molecule is CC(C)(C)NC(=O)Cn1c(-c2cccc(Cl)c2)nc2ncc(O)cc2c1=O. The van der Waals surface area contributed by atoms with Crippen molar-refractivity contribution in [1.82, 2.24) is 19.9 Å². The third-order valence-electron chi connectivity index (χ3n) is 3.69. The number of fused-ring (bicyclic) bond motifs is 1. The van der Waals surface area contributed by atoms with Gasteiger partial charge in [-0.1, -0.05) is 23.7 Å². The number of benzene rings is 1. The zero-order valence-electron chi connectivity index (χ0n) is 15.2. The number of aromatic hydroxyl groups is 1. The summed E-state index contributed by atoms with van der Waals surface area (Å²) in [6.45, 7) is 5.33. The molecule has 0 aliphatic rings. The molecular weight excluding hydrogens is 368 g/mol. The Hall–Kier alpha value is -2.93. The highest BCUT2D eigenvalue weighted by Crippen LogP contribution is 2.22. The van der Waals surface area contributed by atoms with Crippen molar-refractivity contribution in [3.63, 3.8) is 0 Å². The number of hydrogen-bond donors (Lipinski definition) is 2. The van der Waals surface area contributed by atoms with E-state index in [9.17, 15) is 14.7 Å². The Labute approximate surface area is 160 Å². The minimum atomic E-state index is -0.470. The summed E-state index contributed by atoms with van der Waals surface area (Å²) < 4.78 is 1.26. The summed E-state index contributed by atoms with van der Waals surface area (Å²) in [5.41, 5.74) is -0.149. The van der Waals surface area contributed by atoms with Crippen LogP contribution in [0.25, 0.3) is 22.4 Å². The second kappa shape index (κ2) is 7.00. The van der Waals surface area contributed by atoms with Gasteiger partial charge in [0.1, 0.15) is 18.1 Å². The van der Waals surface area contributed by atoms with Crippen LogP contribution in [0, 0.1) is 0 Å². The Bertz CT molecular complexity index is 1090. The highest BCUT2D eigenvalue weighted by atomic mass is 35.5. The molecule has 0 fully saturated rings. The van der Waals surface area contributed by atoms with Gasteiger partial charge in [-0.25, -0.2) is 9.97 Å². The molecule has 3 rings (SSSR count). The fourth-order valence-electron chi connectivity index (χ4n) is 2.69. The van der Waals surface area contributed by atoms with Gasteiger partial charge in [0.15, 0.2) is 5.65 Å². The molecule has 1 amide bonds. The van der Waals surface area contributed by atoms with Gasteiger partial charge in [-0.15, -0.1) is 0 Å². The summed E-state index contributed by atoms with van der Waals surface area (Å²) in [5, 5.41) is 13.1. The molecule has 0 aliphatic carbocycles. The van der Waals surface area contributed by atoms with Crippen LogP contribution in [0.3, 0.4) is 0 Å². The number of aromatic nitrogens is 3. The van der Waals surface area contributed by atoms with E-state index in [4.69, 9.17) is 11.6 Å². The van der Waals surface area contributed by atoms with Crippen molar-refractivity contribution >= 4 is 28.5 Å². The first kappa shape index (κ1) is 18.8. The average Bonchev–Trinajstić information content (AvgIpc) is 2.56. The lowest BCUT2D eigenvalue weighted by Gasteiger charge is -2.21. The van der Waals surface area contributed by atoms with E-state index in [-0.39, 0.29) is 35.1 Å². The summed E-state index contributed by atoms with van der Waals surface area (Å²) in [6, 6.07) is 8.14. The summed E-state index contributed by atoms with van der Waals surface area (Å²) in [6.07, 6.45) is 1.22. The first-order chi connectivity index (χ1) is 12.6. The van der Waals surface area contributed by atoms with Gasteiger partial charge in [0.2, 0.25) is 5.91 Å². The Morgan fingerprint density at radius 1 is 1.30 bits per heavy atom. The van der Waals surface area contributed by atoms with Crippen LogP contribution in [0.2, 0.25) is 5.02 Å². The van der Waals surface area contributed by atoms with Crippen LogP contribution in [0.5, 0.6) is 5.75 Å². The molecule has 7 nitrogen and oxygen atoms in total. The number of rotatable bonds is 3. The molecule has 0 saturated carbocycles. The second-order valence-corrected chi connectivity index (χ2v) is 7.64. The van der Waals surface area contributed by atoms with Gasteiger partial charge in [0.25, 0.3) is 5.56 Å². The van der Waals surface area contributed by atoms with E-state index in [2.05, 4.69) is 15.3 Å². The lowest BCUT2D eigenvalue weighted by molar-refractivity contribution is -0.123. The van der Waals surface area contributed by atoms with Gasteiger partial charge in [-0.05, 0) is 39.0 Å². The lowest BCUT2D eigenvalue weighted by Crippen LogP contribution is -2.43. The Morgan fingerprint density at radius 3 is 2.70 bits per heavy atom.